The summed E-state index contributed by atoms with van der Waals surface area (Å²) in [5.41, 5.74) is -0.416. The Morgan fingerprint density at radius 2 is 1.79 bits per heavy atom. The third-order valence-electron chi connectivity index (χ3n) is 3.47. The second-order valence-corrected chi connectivity index (χ2v) is 6.69. The highest BCUT2D eigenvalue weighted by Gasteiger charge is 2.17. The fourth-order valence-corrected chi connectivity index (χ4v) is 2.36. The Morgan fingerprint density at radius 3 is 2.37 bits per heavy atom. The third kappa shape index (κ3) is 8.09. The quantitative estimate of drug-likeness (QED) is 0.755. The van der Waals surface area contributed by atoms with Gasteiger partial charge in [-0.3, -0.25) is 0 Å². The average Bonchev–Trinajstić information content (AvgIpc) is 2.29. The molecule has 1 aliphatic rings. The number of hydrogen-bond donors (Lipinski definition) is 2. The van der Waals surface area contributed by atoms with E-state index in [0.717, 1.165) is 18.9 Å². The highest BCUT2D eigenvalue weighted by atomic mass is 16.6. The summed E-state index contributed by atoms with van der Waals surface area (Å²) < 4.78 is 5.18. The van der Waals surface area contributed by atoms with Crippen molar-refractivity contribution in [3.63, 3.8) is 0 Å². The predicted molar refractivity (Wildman–Crippen MR) is 78.3 cm³/mol. The first-order chi connectivity index (χ1) is 8.87. The Bertz CT molecular complexity index is 266. The molecular formula is C15H30N2O2. The van der Waals surface area contributed by atoms with E-state index in [0.29, 0.717) is 12.6 Å². The van der Waals surface area contributed by atoms with Crippen molar-refractivity contribution in [1.29, 1.82) is 0 Å². The van der Waals surface area contributed by atoms with Crippen LogP contribution >= 0.6 is 0 Å². The molecule has 0 aliphatic heterocycles. The molecule has 4 nitrogen and oxygen atoms in total. The van der Waals surface area contributed by atoms with Crippen molar-refractivity contribution in [3.05, 3.63) is 0 Å². The van der Waals surface area contributed by atoms with Crippen LogP contribution in [0.25, 0.3) is 0 Å². The summed E-state index contributed by atoms with van der Waals surface area (Å²) in [4.78, 5) is 11.4. The van der Waals surface area contributed by atoms with Gasteiger partial charge in [0.2, 0.25) is 0 Å². The van der Waals surface area contributed by atoms with Crippen molar-refractivity contribution in [2.24, 2.45) is 5.92 Å². The number of carbonyl (C=O) groups is 1. The minimum Gasteiger partial charge on any atom is -0.444 e. The Balaban J connectivity index is 1.98. The number of alkyl carbamates (subject to hydrolysis) is 1. The van der Waals surface area contributed by atoms with Crippen LogP contribution in [0.4, 0.5) is 4.79 Å². The van der Waals surface area contributed by atoms with Crippen LogP contribution in [0.15, 0.2) is 0 Å². The van der Waals surface area contributed by atoms with Gasteiger partial charge in [-0.2, -0.15) is 0 Å². The Morgan fingerprint density at radius 1 is 1.16 bits per heavy atom. The van der Waals surface area contributed by atoms with Crippen LogP contribution in [0.3, 0.4) is 0 Å². The van der Waals surface area contributed by atoms with Crippen LogP contribution in [-0.4, -0.2) is 30.8 Å². The van der Waals surface area contributed by atoms with Gasteiger partial charge < -0.3 is 15.4 Å². The predicted octanol–water partition coefficient (Wildman–Crippen LogP) is 3.07. The second-order valence-electron chi connectivity index (χ2n) is 6.69. The number of hydrogen-bond acceptors (Lipinski definition) is 3. The summed E-state index contributed by atoms with van der Waals surface area (Å²) in [5.74, 6) is 0.895. The molecule has 0 spiro atoms. The van der Waals surface area contributed by atoms with Crippen molar-refractivity contribution in [1.82, 2.24) is 10.6 Å². The molecule has 1 fully saturated rings. The number of rotatable bonds is 5. The van der Waals surface area contributed by atoms with Gasteiger partial charge in [0.25, 0.3) is 0 Å². The Kier molecular flexibility index (Phi) is 6.63. The molecule has 1 amide bonds. The Hall–Kier alpha value is -0.770. The number of ether oxygens (including phenoxy) is 1. The zero-order chi connectivity index (χ0) is 14.3. The Labute approximate surface area is 117 Å². The van der Waals surface area contributed by atoms with Gasteiger partial charge in [0.15, 0.2) is 0 Å². The summed E-state index contributed by atoms with van der Waals surface area (Å²) in [6, 6.07) is 0.678. The molecule has 0 saturated heterocycles. The van der Waals surface area contributed by atoms with Crippen LogP contribution in [0.2, 0.25) is 0 Å². The summed E-state index contributed by atoms with van der Waals surface area (Å²) in [7, 11) is 0. The molecule has 0 radical (unpaired) electrons. The van der Waals surface area contributed by atoms with E-state index < -0.39 is 5.60 Å². The number of carbonyl (C=O) groups excluding carboxylic acids is 1. The van der Waals surface area contributed by atoms with Crippen molar-refractivity contribution in [3.8, 4) is 0 Å². The SMILES string of the molecule is CC1CCC(NCCCNC(=O)OC(C)(C)C)CC1. The standard InChI is InChI=1S/C15H30N2O2/c1-12-6-8-13(9-7-12)16-10-5-11-17-14(18)19-15(2,3)4/h12-13,16H,5-11H2,1-4H3,(H,17,18). The first-order valence-electron chi connectivity index (χ1n) is 7.57. The highest BCUT2D eigenvalue weighted by molar-refractivity contribution is 5.67. The zero-order valence-corrected chi connectivity index (χ0v) is 12.9. The minimum absolute atomic E-state index is 0.320. The van der Waals surface area contributed by atoms with E-state index in [1.165, 1.54) is 25.7 Å². The molecule has 4 heteroatoms. The van der Waals surface area contributed by atoms with Crippen molar-refractivity contribution >= 4 is 6.09 Å². The molecule has 0 aromatic carbocycles. The smallest absolute Gasteiger partial charge is 0.407 e. The van der Waals surface area contributed by atoms with E-state index in [-0.39, 0.29) is 6.09 Å². The fourth-order valence-electron chi connectivity index (χ4n) is 2.36. The van der Waals surface area contributed by atoms with Gasteiger partial charge >= 0.3 is 6.09 Å². The summed E-state index contributed by atoms with van der Waals surface area (Å²) in [5, 5.41) is 6.35. The van der Waals surface area contributed by atoms with E-state index in [1.807, 2.05) is 20.8 Å². The first-order valence-corrected chi connectivity index (χ1v) is 7.57. The zero-order valence-electron chi connectivity index (χ0n) is 12.9. The van der Waals surface area contributed by atoms with Gasteiger partial charge in [-0.15, -0.1) is 0 Å². The van der Waals surface area contributed by atoms with E-state index in [4.69, 9.17) is 4.74 Å². The van der Waals surface area contributed by atoms with Gasteiger partial charge in [0.05, 0.1) is 0 Å². The molecule has 0 atom stereocenters. The molecule has 2 N–H and O–H groups in total. The maximum Gasteiger partial charge on any atom is 0.407 e. The van der Waals surface area contributed by atoms with Crippen LogP contribution in [-0.2, 0) is 4.74 Å². The lowest BCUT2D eigenvalue weighted by atomic mass is 9.87. The van der Waals surface area contributed by atoms with E-state index in [2.05, 4.69) is 17.6 Å². The van der Waals surface area contributed by atoms with Gasteiger partial charge in [-0.1, -0.05) is 6.92 Å². The summed E-state index contributed by atoms with van der Waals surface area (Å²) in [6.07, 6.45) is 5.90. The van der Waals surface area contributed by atoms with Crippen LogP contribution in [0.5, 0.6) is 0 Å². The third-order valence-corrected chi connectivity index (χ3v) is 3.47. The molecule has 112 valence electrons. The molecule has 0 aromatic rings. The molecule has 0 heterocycles. The van der Waals surface area contributed by atoms with E-state index >= 15 is 0 Å². The van der Waals surface area contributed by atoms with Crippen LogP contribution in [0, 0.1) is 5.92 Å². The lowest BCUT2D eigenvalue weighted by molar-refractivity contribution is 0.0527. The maximum atomic E-state index is 11.4. The topological polar surface area (TPSA) is 50.4 Å². The van der Waals surface area contributed by atoms with Gasteiger partial charge in [0, 0.05) is 12.6 Å². The van der Waals surface area contributed by atoms with Crippen LogP contribution in [0.1, 0.15) is 59.8 Å². The van der Waals surface area contributed by atoms with Crippen molar-refractivity contribution in [2.45, 2.75) is 71.4 Å². The maximum absolute atomic E-state index is 11.4. The van der Waals surface area contributed by atoms with Gasteiger partial charge in [-0.05, 0) is 65.3 Å². The number of amides is 1. The van der Waals surface area contributed by atoms with Crippen LogP contribution < -0.4 is 10.6 Å². The largest absolute Gasteiger partial charge is 0.444 e. The first kappa shape index (κ1) is 16.3. The molecule has 19 heavy (non-hydrogen) atoms. The summed E-state index contributed by atoms with van der Waals surface area (Å²) in [6.45, 7) is 9.59. The molecule has 1 saturated carbocycles. The highest BCUT2D eigenvalue weighted by Crippen LogP contribution is 2.23. The average molecular weight is 270 g/mol. The lowest BCUT2D eigenvalue weighted by Gasteiger charge is -2.27. The minimum atomic E-state index is -0.416. The molecule has 0 bridgehead atoms. The monoisotopic (exact) mass is 270 g/mol. The van der Waals surface area contributed by atoms with Gasteiger partial charge in [-0.25, -0.2) is 4.79 Å². The normalized spacial score (nSPS) is 24.0. The molecule has 1 aliphatic carbocycles. The molecular weight excluding hydrogens is 240 g/mol. The molecule has 1 rings (SSSR count). The van der Waals surface area contributed by atoms with E-state index in [9.17, 15) is 4.79 Å². The van der Waals surface area contributed by atoms with Crippen molar-refractivity contribution < 1.29 is 9.53 Å². The molecule has 0 unspecified atom stereocenters. The second kappa shape index (κ2) is 7.73. The number of nitrogens with one attached hydrogen (secondary N) is 2. The van der Waals surface area contributed by atoms with E-state index in [1.54, 1.807) is 0 Å². The fraction of sp³-hybridized carbons (Fsp3) is 0.933. The molecule has 0 aromatic heterocycles. The summed E-state index contributed by atoms with van der Waals surface area (Å²) >= 11 is 0. The van der Waals surface area contributed by atoms with Gasteiger partial charge in [0.1, 0.15) is 5.60 Å². The van der Waals surface area contributed by atoms with Crippen molar-refractivity contribution in [2.75, 3.05) is 13.1 Å². The lowest BCUT2D eigenvalue weighted by Crippen LogP contribution is -2.36.